The molecule has 126 valence electrons. The molecule has 1 atom stereocenters. The molecule has 0 spiro atoms. The number of carbonyl (C=O) groups excluding carboxylic acids is 1. The van der Waals surface area contributed by atoms with Crippen molar-refractivity contribution in [1.82, 2.24) is 14.9 Å². The summed E-state index contributed by atoms with van der Waals surface area (Å²) in [6, 6.07) is 15.3. The maximum atomic E-state index is 13.2. The fourth-order valence-corrected chi connectivity index (χ4v) is 3.17. The van der Waals surface area contributed by atoms with Crippen LogP contribution in [0.5, 0.6) is 0 Å². The summed E-state index contributed by atoms with van der Waals surface area (Å²) in [5.41, 5.74) is 2.94. The third kappa shape index (κ3) is 3.10. The number of ether oxygens (including phenoxy) is 1. The van der Waals surface area contributed by atoms with E-state index in [2.05, 4.69) is 4.98 Å². The smallest absolute Gasteiger partial charge is 0.254 e. The summed E-state index contributed by atoms with van der Waals surface area (Å²) in [4.78, 5) is 24.1. The van der Waals surface area contributed by atoms with Gasteiger partial charge in [-0.25, -0.2) is 4.98 Å². The first-order valence-corrected chi connectivity index (χ1v) is 8.44. The van der Waals surface area contributed by atoms with Crippen LogP contribution in [0.3, 0.4) is 0 Å². The first-order valence-electron chi connectivity index (χ1n) is 8.44. The van der Waals surface area contributed by atoms with Crippen LogP contribution in [-0.2, 0) is 4.74 Å². The number of para-hydroxylation sites is 1. The predicted molar refractivity (Wildman–Crippen MR) is 96.3 cm³/mol. The molecule has 25 heavy (non-hydrogen) atoms. The molecule has 0 saturated carbocycles. The molecule has 1 amide bonds. The Morgan fingerprint density at radius 1 is 1.16 bits per heavy atom. The Hall–Kier alpha value is -2.79. The van der Waals surface area contributed by atoms with E-state index in [0.29, 0.717) is 31.0 Å². The summed E-state index contributed by atoms with van der Waals surface area (Å²) in [5.74, 6) is 0.0194. The summed E-state index contributed by atoms with van der Waals surface area (Å²) < 4.78 is 5.56. The third-order valence-electron chi connectivity index (χ3n) is 4.40. The van der Waals surface area contributed by atoms with Crippen molar-refractivity contribution in [2.24, 2.45) is 0 Å². The summed E-state index contributed by atoms with van der Waals surface area (Å²) >= 11 is 0. The molecule has 1 saturated heterocycles. The number of carbonyl (C=O) groups is 1. The topological polar surface area (TPSA) is 55.3 Å². The van der Waals surface area contributed by atoms with Crippen molar-refractivity contribution in [2.45, 2.75) is 13.0 Å². The van der Waals surface area contributed by atoms with Gasteiger partial charge in [-0.15, -0.1) is 0 Å². The van der Waals surface area contributed by atoms with Crippen LogP contribution in [0.4, 0.5) is 0 Å². The third-order valence-corrected chi connectivity index (χ3v) is 4.40. The van der Waals surface area contributed by atoms with Crippen molar-refractivity contribution in [3.63, 3.8) is 0 Å². The molecular weight excluding hydrogens is 314 g/mol. The van der Waals surface area contributed by atoms with Crippen LogP contribution in [0.25, 0.3) is 22.3 Å². The van der Waals surface area contributed by atoms with Gasteiger partial charge in [-0.1, -0.05) is 24.3 Å². The van der Waals surface area contributed by atoms with Crippen LogP contribution in [0.15, 0.2) is 54.7 Å². The number of morpholine rings is 1. The Bertz CT molecular complexity index is 911. The molecule has 3 heterocycles. The zero-order valence-corrected chi connectivity index (χ0v) is 14.1. The Balaban J connectivity index is 1.82. The van der Waals surface area contributed by atoms with Crippen LogP contribution in [0.1, 0.15) is 17.3 Å². The Morgan fingerprint density at radius 3 is 2.80 bits per heavy atom. The highest BCUT2D eigenvalue weighted by molar-refractivity contribution is 6.07. The minimum absolute atomic E-state index is 0.0194. The fraction of sp³-hybridized carbons (Fsp3) is 0.250. The van der Waals surface area contributed by atoms with Crippen LogP contribution < -0.4 is 0 Å². The van der Waals surface area contributed by atoms with Gasteiger partial charge in [0.15, 0.2) is 0 Å². The van der Waals surface area contributed by atoms with Gasteiger partial charge in [0.05, 0.1) is 35.2 Å². The largest absolute Gasteiger partial charge is 0.375 e. The lowest BCUT2D eigenvalue weighted by atomic mass is 10.0. The second-order valence-electron chi connectivity index (χ2n) is 6.22. The van der Waals surface area contributed by atoms with E-state index in [9.17, 15) is 4.79 Å². The first kappa shape index (κ1) is 15.7. The SMILES string of the molecule is CC1CN(C(=O)c2cc(-c3ccccn3)nc3ccccc23)CCO1. The Morgan fingerprint density at radius 2 is 2.00 bits per heavy atom. The van der Waals surface area contributed by atoms with Crippen molar-refractivity contribution >= 4 is 16.8 Å². The lowest BCUT2D eigenvalue weighted by Gasteiger charge is -2.31. The van der Waals surface area contributed by atoms with Crippen molar-refractivity contribution < 1.29 is 9.53 Å². The maximum absolute atomic E-state index is 13.2. The molecule has 0 N–H and O–H groups in total. The molecule has 2 aromatic heterocycles. The minimum atomic E-state index is 0.0194. The van der Waals surface area contributed by atoms with Crippen LogP contribution in [0, 0.1) is 0 Å². The number of hydrogen-bond donors (Lipinski definition) is 0. The van der Waals surface area contributed by atoms with E-state index in [1.54, 1.807) is 6.20 Å². The second kappa shape index (κ2) is 6.61. The molecule has 0 aliphatic carbocycles. The van der Waals surface area contributed by atoms with Gasteiger partial charge in [0.25, 0.3) is 5.91 Å². The highest BCUT2D eigenvalue weighted by Crippen LogP contribution is 2.25. The zero-order chi connectivity index (χ0) is 17.2. The number of benzene rings is 1. The van der Waals surface area contributed by atoms with Crippen molar-refractivity contribution in [3.05, 3.63) is 60.3 Å². The number of pyridine rings is 2. The molecule has 5 nitrogen and oxygen atoms in total. The van der Waals surface area contributed by atoms with Gasteiger partial charge >= 0.3 is 0 Å². The van der Waals surface area contributed by atoms with Gasteiger partial charge in [0.2, 0.25) is 0 Å². The lowest BCUT2D eigenvalue weighted by molar-refractivity contribution is -0.0123. The van der Waals surface area contributed by atoms with Gasteiger partial charge in [0, 0.05) is 24.7 Å². The van der Waals surface area contributed by atoms with E-state index in [-0.39, 0.29) is 12.0 Å². The number of hydrogen-bond acceptors (Lipinski definition) is 4. The number of rotatable bonds is 2. The molecule has 1 aromatic carbocycles. The first-order chi connectivity index (χ1) is 12.2. The average Bonchev–Trinajstić information content (AvgIpc) is 2.67. The number of aromatic nitrogens is 2. The summed E-state index contributed by atoms with van der Waals surface area (Å²) in [6.45, 7) is 3.78. The van der Waals surface area contributed by atoms with Crippen LogP contribution in [0.2, 0.25) is 0 Å². The summed E-state index contributed by atoms with van der Waals surface area (Å²) in [5, 5.41) is 0.867. The molecule has 1 aliphatic rings. The van der Waals surface area contributed by atoms with E-state index < -0.39 is 0 Å². The second-order valence-corrected chi connectivity index (χ2v) is 6.22. The van der Waals surface area contributed by atoms with E-state index in [0.717, 1.165) is 16.6 Å². The van der Waals surface area contributed by atoms with Gasteiger partial charge < -0.3 is 9.64 Å². The monoisotopic (exact) mass is 333 g/mol. The van der Waals surface area contributed by atoms with E-state index in [1.165, 1.54) is 0 Å². The van der Waals surface area contributed by atoms with E-state index in [4.69, 9.17) is 9.72 Å². The van der Waals surface area contributed by atoms with Gasteiger partial charge in [0.1, 0.15) is 0 Å². The maximum Gasteiger partial charge on any atom is 0.254 e. The summed E-state index contributed by atoms with van der Waals surface area (Å²) in [7, 11) is 0. The lowest BCUT2D eigenvalue weighted by Crippen LogP contribution is -2.44. The molecule has 3 aromatic rings. The van der Waals surface area contributed by atoms with E-state index in [1.807, 2.05) is 60.4 Å². The molecule has 1 aliphatic heterocycles. The quantitative estimate of drug-likeness (QED) is 0.723. The molecule has 1 fully saturated rings. The zero-order valence-electron chi connectivity index (χ0n) is 14.1. The molecular formula is C20H19N3O2. The van der Waals surface area contributed by atoms with Crippen LogP contribution in [-0.4, -0.2) is 46.6 Å². The van der Waals surface area contributed by atoms with Crippen molar-refractivity contribution in [1.29, 1.82) is 0 Å². The van der Waals surface area contributed by atoms with Crippen molar-refractivity contribution in [2.75, 3.05) is 19.7 Å². The van der Waals surface area contributed by atoms with Gasteiger partial charge in [-0.2, -0.15) is 0 Å². The number of nitrogens with zero attached hydrogens (tertiary/aromatic N) is 3. The molecule has 0 bridgehead atoms. The highest BCUT2D eigenvalue weighted by atomic mass is 16.5. The van der Waals surface area contributed by atoms with Gasteiger partial charge in [-0.05, 0) is 31.2 Å². The van der Waals surface area contributed by atoms with Crippen LogP contribution >= 0.6 is 0 Å². The standard InChI is InChI=1S/C20H19N3O2/c1-14-13-23(10-11-25-14)20(24)16-12-19(18-8-4-5-9-21-18)22-17-7-3-2-6-15(16)17/h2-9,12,14H,10-11,13H2,1H3. The average molecular weight is 333 g/mol. The normalized spacial score (nSPS) is 17.6. The molecule has 4 rings (SSSR count). The fourth-order valence-electron chi connectivity index (χ4n) is 3.17. The highest BCUT2D eigenvalue weighted by Gasteiger charge is 2.24. The van der Waals surface area contributed by atoms with Crippen molar-refractivity contribution in [3.8, 4) is 11.4 Å². The Kier molecular flexibility index (Phi) is 4.15. The van der Waals surface area contributed by atoms with Gasteiger partial charge in [-0.3, -0.25) is 9.78 Å². The molecule has 1 unspecified atom stereocenters. The summed E-state index contributed by atoms with van der Waals surface area (Å²) in [6.07, 6.45) is 1.79. The van der Waals surface area contributed by atoms with E-state index >= 15 is 0 Å². The predicted octanol–water partition coefficient (Wildman–Crippen LogP) is 3.16. The number of amides is 1. The number of fused-ring (bicyclic) bond motifs is 1. The Labute approximate surface area is 146 Å². The molecule has 5 heteroatoms. The minimum Gasteiger partial charge on any atom is -0.375 e. The molecule has 0 radical (unpaired) electrons.